The number of hydrogen-bond acceptors (Lipinski definition) is 6. The number of anilines is 1. The van der Waals surface area contributed by atoms with Crippen LogP contribution in [0.15, 0.2) is 24.5 Å². The van der Waals surface area contributed by atoms with E-state index in [1.165, 1.54) is 0 Å². The van der Waals surface area contributed by atoms with Crippen LogP contribution in [0.25, 0.3) is 11.3 Å². The third-order valence-electron chi connectivity index (χ3n) is 6.04. The zero-order valence-corrected chi connectivity index (χ0v) is 19.7. The summed E-state index contributed by atoms with van der Waals surface area (Å²) < 4.78 is 11.1. The number of aliphatic carboxylic acids is 1. The number of hydrogen-bond donors (Lipinski definition) is 1. The Morgan fingerprint density at radius 2 is 1.91 bits per heavy atom. The van der Waals surface area contributed by atoms with Crippen LogP contribution >= 0.6 is 0 Å². The molecule has 7 heteroatoms. The lowest BCUT2D eigenvalue weighted by Gasteiger charge is -2.40. The highest BCUT2D eigenvalue weighted by Crippen LogP contribution is 2.39. The molecule has 0 spiro atoms. The van der Waals surface area contributed by atoms with Gasteiger partial charge in [0, 0.05) is 55.7 Å². The molecule has 0 saturated carbocycles. The Bertz CT molecular complexity index is 902. The molecule has 0 unspecified atom stereocenters. The monoisotopic (exact) mass is 441 g/mol. The summed E-state index contributed by atoms with van der Waals surface area (Å²) in [6.45, 7) is 12.2. The van der Waals surface area contributed by atoms with Gasteiger partial charge in [-0.3, -0.25) is 14.8 Å². The van der Waals surface area contributed by atoms with Crippen molar-refractivity contribution in [1.29, 1.82) is 0 Å². The van der Waals surface area contributed by atoms with Crippen molar-refractivity contribution in [1.82, 2.24) is 9.97 Å². The Morgan fingerprint density at radius 1 is 1.16 bits per heavy atom. The summed E-state index contributed by atoms with van der Waals surface area (Å²) in [5.41, 5.74) is 4.41. The van der Waals surface area contributed by atoms with Gasteiger partial charge in [0.1, 0.15) is 5.75 Å². The van der Waals surface area contributed by atoms with E-state index in [2.05, 4.69) is 28.7 Å². The van der Waals surface area contributed by atoms with Gasteiger partial charge in [0.2, 0.25) is 0 Å². The maximum absolute atomic E-state index is 11.6. The molecule has 0 aromatic carbocycles. The molecule has 1 N–H and O–H groups in total. The first-order valence-corrected chi connectivity index (χ1v) is 11.4. The van der Waals surface area contributed by atoms with Crippen molar-refractivity contribution in [2.75, 3.05) is 37.8 Å². The molecule has 0 aliphatic carbocycles. The van der Waals surface area contributed by atoms with E-state index >= 15 is 0 Å². The molecule has 3 rings (SSSR count). The summed E-state index contributed by atoms with van der Waals surface area (Å²) in [6.07, 6.45) is 6.43. The minimum Gasteiger partial charge on any atom is -0.492 e. The van der Waals surface area contributed by atoms with E-state index in [0.717, 1.165) is 60.6 Å². The number of rotatable bonds is 10. The summed E-state index contributed by atoms with van der Waals surface area (Å²) in [5, 5.41) is 9.54. The quantitative estimate of drug-likeness (QED) is 0.543. The van der Waals surface area contributed by atoms with Gasteiger partial charge < -0.3 is 19.5 Å². The first-order chi connectivity index (χ1) is 15.3. The third-order valence-corrected chi connectivity index (χ3v) is 6.04. The first-order valence-electron chi connectivity index (χ1n) is 11.4. The molecule has 1 aliphatic rings. The minimum atomic E-state index is -0.852. The van der Waals surface area contributed by atoms with Crippen molar-refractivity contribution < 1.29 is 19.4 Å². The van der Waals surface area contributed by atoms with Crippen LogP contribution in [0.4, 0.5) is 5.69 Å². The maximum Gasteiger partial charge on any atom is 0.307 e. The second-order valence-corrected chi connectivity index (χ2v) is 9.08. The zero-order chi connectivity index (χ0) is 23.1. The molecule has 1 fully saturated rings. The summed E-state index contributed by atoms with van der Waals surface area (Å²) in [7, 11) is 0. The van der Waals surface area contributed by atoms with E-state index in [4.69, 9.17) is 9.47 Å². The van der Waals surface area contributed by atoms with E-state index in [1.54, 1.807) is 6.20 Å². The van der Waals surface area contributed by atoms with E-state index in [-0.39, 0.29) is 6.42 Å². The molecular formula is C25H35N3O4. The Labute approximate surface area is 190 Å². The molecule has 174 valence electrons. The maximum atomic E-state index is 11.6. The number of carboxylic acid groups (broad SMARTS) is 1. The standard InChI is InChI=1S/C25H35N3O4/c1-5-31-13-6-14-32-19-7-8-22(27-16-19)21-17-26-18(2)20(15-23(29)30)24(21)28-11-9-25(3,4)10-12-28/h7-8,16-17H,5-6,9-15H2,1-4H3,(H,29,30). The number of carboxylic acids is 1. The van der Waals surface area contributed by atoms with Crippen molar-refractivity contribution in [2.24, 2.45) is 5.41 Å². The molecule has 2 aromatic rings. The average Bonchev–Trinajstić information content (AvgIpc) is 2.75. The SMILES string of the molecule is CCOCCCOc1ccc(-c2cnc(C)c(CC(=O)O)c2N2CCC(C)(C)CC2)nc1. The molecule has 1 aliphatic heterocycles. The molecule has 0 bridgehead atoms. The molecule has 0 atom stereocenters. The number of pyridine rings is 2. The third kappa shape index (κ3) is 6.19. The largest absolute Gasteiger partial charge is 0.492 e. The Balaban J connectivity index is 1.88. The van der Waals surface area contributed by atoms with Gasteiger partial charge in [0.05, 0.1) is 30.6 Å². The van der Waals surface area contributed by atoms with Gasteiger partial charge in [-0.15, -0.1) is 0 Å². The van der Waals surface area contributed by atoms with Gasteiger partial charge in [0.25, 0.3) is 0 Å². The van der Waals surface area contributed by atoms with Crippen LogP contribution in [0.1, 0.15) is 51.3 Å². The molecule has 2 aromatic heterocycles. The highest BCUT2D eigenvalue weighted by atomic mass is 16.5. The molecule has 1 saturated heterocycles. The topological polar surface area (TPSA) is 84.8 Å². The van der Waals surface area contributed by atoms with E-state index in [9.17, 15) is 9.90 Å². The number of piperidine rings is 1. The van der Waals surface area contributed by atoms with Crippen molar-refractivity contribution in [2.45, 2.75) is 53.4 Å². The average molecular weight is 442 g/mol. The van der Waals surface area contributed by atoms with Crippen LogP contribution in [0.5, 0.6) is 5.75 Å². The predicted octanol–water partition coefficient (Wildman–Crippen LogP) is 4.51. The number of aryl methyl sites for hydroxylation is 1. The Kier molecular flexibility index (Phi) is 8.07. The number of carbonyl (C=O) groups is 1. The summed E-state index contributed by atoms with van der Waals surface area (Å²) in [6, 6.07) is 3.83. The highest BCUT2D eigenvalue weighted by molar-refractivity contribution is 5.83. The lowest BCUT2D eigenvalue weighted by molar-refractivity contribution is -0.136. The lowest BCUT2D eigenvalue weighted by atomic mass is 9.82. The first kappa shape index (κ1) is 24.0. The van der Waals surface area contributed by atoms with Crippen molar-refractivity contribution in [3.8, 4) is 17.0 Å². The summed E-state index contributed by atoms with van der Waals surface area (Å²) in [4.78, 5) is 23.1. The smallest absolute Gasteiger partial charge is 0.307 e. The van der Waals surface area contributed by atoms with E-state index in [1.807, 2.05) is 32.2 Å². The second kappa shape index (κ2) is 10.8. The highest BCUT2D eigenvalue weighted by Gasteiger charge is 2.29. The van der Waals surface area contributed by atoms with E-state index in [0.29, 0.717) is 31.0 Å². The fraction of sp³-hybridized carbons (Fsp3) is 0.560. The Hall–Kier alpha value is -2.67. The zero-order valence-electron chi connectivity index (χ0n) is 19.7. The normalized spacial score (nSPS) is 15.6. The summed E-state index contributed by atoms with van der Waals surface area (Å²) >= 11 is 0. The van der Waals surface area contributed by atoms with Crippen LogP contribution in [0, 0.1) is 12.3 Å². The molecule has 0 amide bonds. The molecular weight excluding hydrogens is 406 g/mol. The van der Waals surface area contributed by atoms with Gasteiger partial charge in [-0.2, -0.15) is 0 Å². The molecule has 0 radical (unpaired) electrons. The van der Waals surface area contributed by atoms with Crippen LogP contribution in [-0.2, 0) is 16.0 Å². The van der Waals surface area contributed by atoms with Gasteiger partial charge in [-0.1, -0.05) is 13.8 Å². The molecule has 3 heterocycles. The summed E-state index contributed by atoms with van der Waals surface area (Å²) in [5.74, 6) is -0.147. The van der Waals surface area contributed by atoms with Gasteiger partial charge >= 0.3 is 5.97 Å². The van der Waals surface area contributed by atoms with Crippen molar-refractivity contribution in [3.63, 3.8) is 0 Å². The fourth-order valence-corrected chi connectivity index (χ4v) is 4.00. The second-order valence-electron chi connectivity index (χ2n) is 9.08. The van der Waals surface area contributed by atoms with Gasteiger partial charge in [-0.25, -0.2) is 0 Å². The van der Waals surface area contributed by atoms with Gasteiger partial charge in [-0.05, 0) is 44.2 Å². The predicted molar refractivity (Wildman–Crippen MR) is 125 cm³/mol. The minimum absolute atomic E-state index is 0.0527. The lowest BCUT2D eigenvalue weighted by Crippen LogP contribution is -2.38. The fourth-order valence-electron chi connectivity index (χ4n) is 4.00. The van der Waals surface area contributed by atoms with E-state index < -0.39 is 5.97 Å². The number of ether oxygens (including phenoxy) is 2. The van der Waals surface area contributed by atoms with Crippen LogP contribution in [0.3, 0.4) is 0 Å². The van der Waals surface area contributed by atoms with Crippen LogP contribution in [0.2, 0.25) is 0 Å². The Morgan fingerprint density at radius 3 is 2.53 bits per heavy atom. The van der Waals surface area contributed by atoms with Crippen molar-refractivity contribution in [3.05, 3.63) is 35.8 Å². The van der Waals surface area contributed by atoms with Crippen LogP contribution < -0.4 is 9.64 Å². The van der Waals surface area contributed by atoms with Crippen LogP contribution in [-0.4, -0.2) is 54.0 Å². The van der Waals surface area contributed by atoms with Gasteiger partial charge in [0.15, 0.2) is 0 Å². The van der Waals surface area contributed by atoms with Crippen molar-refractivity contribution >= 4 is 11.7 Å². The molecule has 32 heavy (non-hydrogen) atoms. The number of aromatic nitrogens is 2. The number of nitrogens with zero attached hydrogens (tertiary/aromatic N) is 3. The molecule has 7 nitrogen and oxygen atoms in total.